The summed E-state index contributed by atoms with van der Waals surface area (Å²) in [6, 6.07) is 5.67. The highest BCUT2D eigenvalue weighted by Crippen LogP contribution is 2.27. The predicted molar refractivity (Wildman–Crippen MR) is 86.4 cm³/mol. The molecule has 118 valence electrons. The fourth-order valence-corrected chi connectivity index (χ4v) is 3.98. The zero-order valence-electron chi connectivity index (χ0n) is 11.8. The number of nitrogens with zero attached hydrogens (tertiary/aromatic N) is 2. The number of aromatic nitrogens is 2. The first-order valence-corrected chi connectivity index (χ1v) is 9.40. The first-order chi connectivity index (χ1) is 10.3. The molecule has 1 atom stereocenters. The number of rotatable bonds is 5. The summed E-state index contributed by atoms with van der Waals surface area (Å²) in [7, 11) is -3.73. The van der Waals surface area contributed by atoms with Crippen molar-refractivity contribution in [1.29, 1.82) is 0 Å². The Kier molecular flexibility index (Phi) is 5.16. The van der Waals surface area contributed by atoms with Crippen molar-refractivity contribution in [3.8, 4) is 0 Å². The number of carbonyl (C=O) groups is 1. The lowest BCUT2D eigenvalue weighted by Gasteiger charge is -2.10. The van der Waals surface area contributed by atoms with E-state index in [9.17, 15) is 13.2 Å². The van der Waals surface area contributed by atoms with Crippen molar-refractivity contribution in [2.45, 2.75) is 28.3 Å². The molecule has 0 fully saturated rings. The highest BCUT2D eigenvalue weighted by Gasteiger charge is 2.17. The van der Waals surface area contributed by atoms with Gasteiger partial charge in [-0.05, 0) is 38.1 Å². The van der Waals surface area contributed by atoms with Gasteiger partial charge in [0.2, 0.25) is 15.9 Å². The smallest absolute Gasteiger partial charge is 0.238 e. The van der Waals surface area contributed by atoms with Gasteiger partial charge in [-0.15, -0.1) is 10.2 Å². The molecular formula is C12H14N4O3S3. The molecule has 22 heavy (non-hydrogen) atoms. The Hall–Kier alpha value is -1.49. The molecule has 7 nitrogen and oxygen atoms in total. The molecule has 0 bridgehead atoms. The van der Waals surface area contributed by atoms with Gasteiger partial charge in [-0.25, -0.2) is 13.6 Å². The third kappa shape index (κ3) is 4.50. The van der Waals surface area contributed by atoms with E-state index >= 15 is 0 Å². The molecule has 1 aromatic heterocycles. The molecule has 3 N–H and O–H groups in total. The molecule has 0 saturated heterocycles. The molecule has 2 aromatic rings. The molecule has 0 aliphatic heterocycles. The number of hydrogen-bond donors (Lipinski definition) is 2. The second kappa shape index (κ2) is 6.73. The molecule has 1 heterocycles. The average Bonchev–Trinajstić information content (AvgIpc) is 2.83. The minimum absolute atomic E-state index is 0.00254. The van der Waals surface area contributed by atoms with Gasteiger partial charge in [0.05, 0.1) is 10.1 Å². The monoisotopic (exact) mass is 358 g/mol. The second-order valence-corrected chi connectivity index (χ2v) is 8.74. The summed E-state index contributed by atoms with van der Waals surface area (Å²) in [5, 5.41) is 16.1. The Morgan fingerprint density at radius 1 is 1.32 bits per heavy atom. The van der Waals surface area contributed by atoms with Gasteiger partial charge in [0, 0.05) is 5.69 Å². The zero-order chi connectivity index (χ0) is 16.3. The maximum Gasteiger partial charge on any atom is 0.238 e. The Labute approximate surface area is 136 Å². The number of thioether (sulfide) groups is 1. The van der Waals surface area contributed by atoms with Crippen molar-refractivity contribution in [2.24, 2.45) is 5.14 Å². The normalized spacial score (nSPS) is 12.9. The summed E-state index contributed by atoms with van der Waals surface area (Å²) in [4.78, 5) is 12.1. The Morgan fingerprint density at radius 2 is 1.95 bits per heavy atom. The van der Waals surface area contributed by atoms with Crippen LogP contribution < -0.4 is 10.5 Å². The molecule has 0 aliphatic carbocycles. The van der Waals surface area contributed by atoms with Gasteiger partial charge in [-0.1, -0.05) is 23.1 Å². The van der Waals surface area contributed by atoms with Crippen molar-refractivity contribution >= 4 is 44.7 Å². The maximum absolute atomic E-state index is 12.1. The van der Waals surface area contributed by atoms with Crippen LogP contribution in [-0.4, -0.2) is 29.8 Å². The number of primary sulfonamides is 1. The number of benzene rings is 1. The largest absolute Gasteiger partial charge is 0.325 e. The van der Waals surface area contributed by atoms with Crippen LogP contribution in [0.25, 0.3) is 0 Å². The zero-order valence-corrected chi connectivity index (χ0v) is 14.3. The third-order valence-electron chi connectivity index (χ3n) is 2.60. The molecule has 0 unspecified atom stereocenters. The molecule has 0 radical (unpaired) electrons. The van der Waals surface area contributed by atoms with Crippen molar-refractivity contribution in [3.63, 3.8) is 0 Å². The maximum atomic E-state index is 12.1. The van der Waals surface area contributed by atoms with Gasteiger partial charge in [-0.2, -0.15) is 0 Å². The van der Waals surface area contributed by atoms with Gasteiger partial charge in [0.15, 0.2) is 4.34 Å². The molecular weight excluding hydrogens is 344 g/mol. The van der Waals surface area contributed by atoms with E-state index in [1.165, 1.54) is 47.4 Å². The van der Waals surface area contributed by atoms with E-state index in [2.05, 4.69) is 15.5 Å². The molecule has 0 aliphatic rings. The van der Waals surface area contributed by atoms with Crippen molar-refractivity contribution < 1.29 is 13.2 Å². The average molecular weight is 358 g/mol. The summed E-state index contributed by atoms with van der Waals surface area (Å²) >= 11 is 2.74. The number of anilines is 1. The molecule has 0 spiro atoms. The lowest BCUT2D eigenvalue weighted by Crippen LogP contribution is -2.22. The van der Waals surface area contributed by atoms with E-state index in [0.717, 1.165) is 9.35 Å². The lowest BCUT2D eigenvalue weighted by atomic mass is 10.3. The van der Waals surface area contributed by atoms with Crippen LogP contribution in [-0.2, 0) is 14.8 Å². The molecule has 2 rings (SSSR count). The second-order valence-electron chi connectivity index (χ2n) is 4.41. The van der Waals surface area contributed by atoms with Crippen LogP contribution in [0.15, 0.2) is 33.5 Å². The van der Waals surface area contributed by atoms with Crippen molar-refractivity contribution in [2.75, 3.05) is 5.32 Å². The summed E-state index contributed by atoms with van der Waals surface area (Å²) in [6.07, 6.45) is 0. The molecule has 10 heteroatoms. The van der Waals surface area contributed by atoms with E-state index in [-0.39, 0.29) is 16.1 Å². The van der Waals surface area contributed by atoms with Crippen molar-refractivity contribution in [1.82, 2.24) is 10.2 Å². The number of nitrogens with one attached hydrogen (secondary N) is 1. The van der Waals surface area contributed by atoms with E-state index in [1.54, 1.807) is 6.92 Å². The lowest BCUT2D eigenvalue weighted by molar-refractivity contribution is -0.115. The Morgan fingerprint density at radius 3 is 2.45 bits per heavy atom. The SMILES string of the molecule is Cc1nnc(S[C@H](C)C(=O)Nc2ccc(S(N)(=O)=O)cc2)s1. The topological polar surface area (TPSA) is 115 Å². The molecule has 1 aromatic carbocycles. The first-order valence-electron chi connectivity index (χ1n) is 6.16. The van der Waals surface area contributed by atoms with Crippen LogP contribution in [0.2, 0.25) is 0 Å². The van der Waals surface area contributed by atoms with Gasteiger partial charge in [0.1, 0.15) is 5.01 Å². The van der Waals surface area contributed by atoms with Gasteiger partial charge < -0.3 is 5.32 Å². The van der Waals surface area contributed by atoms with Crippen molar-refractivity contribution in [3.05, 3.63) is 29.3 Å². The highest BCUT2D eigenvalue weighted by atomic mass is 32.2. The quantitative estimate of drug-likeness (QED) is 0.785. The number of amides is 1. The van der Waals surface area contributed by atoms with E-state index in [4.69, 9.17) is 5.14 Å². The van der Waals surface area contributed by atoms with E-state index in [1.807, 2.05) is 6.92 Å². The molecule has 0 saturated carbocycles. The number of carbonyl (C=O) groups excluding carboxylic acids is 1. The number of aryl methyl sites for hydroxylation is 1. The summed E-state index contributed by atoms with van der Waals surface area (Å²) in [5.74, 6) is -0.207. The Balaban J connectivity index is 1.99. The standard InChI is InChI=1S/C12H14N4O3S3/c1-7(20-12-16-15-8(2)21-12)11(17)14-9-3-5-10(6-4-9)22(13,18)19/h3-7H,1-2H3,(H,14,17)(H2,13,18,19)/t7-/m1/s1. The van der Waals surface area contributed by atoms with Crippen LogP contribution in [0.3, 0.4) is 0 Å². The summed E-state index contributed by atoms with van der Waals surface area (Å²) in [6.45, 7) is 3.61. The van der Waals surface area contributed by atoms with E-state index < -0.39 is 10.0 Å². The van der Waals surface area contributed by atoms with Crippen LogP contribution >= 0.6 is 23.1 Å². The predicted octanol–water partition coefficient (Wildman–Crippen LogP) is 1.61. The minimum Gasteiger partial charge on any atom is -0.325 e. The van der Waals surface area contributed by atoms with Crippen LogP contribution in [0.4, 0.5) is 5.69 Å². The number of sulfonamides is 1. The molecule has 1 amide bonds. The van der Waals surface area contributed by atoms with Gasteiger partial charge in [-0.3, -0.25) is 4.79 Å². The number of nitrogens with two attached hydrogens (primary N) is 1. The van der Waals surface area contributed by atoms with Gasteiger partial charge in [0.25, 0.3) is 0 Å². The van der Waals surface area contributed by atoms with Crippen LogP contribution in [0.1, 0.15) is 11.9 Å². The fourth-order valence-electron chi connectivity index (χ4n) is 1.50. The number of hydrogen-bond acceptors (Lipinski definition) is 7. The van der Waals surface area contributed by atoms with Crippen LogP contribution in [0, 0.1) is 6.92 Å². The van der Waals surface area contributed by atoms with E-state index in [0.29, 0.717) is 5.69 Å². The Bertz CT molecular complexity index is 771. The fraction of sp³-hybridized carbons (Fsp3) is 0.250. The van der Waals surface area contributed by atoms with Crippen LogP contribution in [0.5, 0.6) is 0 Å². The first kappa shape index (κ1) is 16.9. The highest BCUT2D eigenvalue weighted by molar-refractivity contribution is 8.02. The third-order valence-corrected chi connectivity index (χ3v) is 5.56. The minimum atomic E-state index is -3.73. The summed E-state index contributed by atoms with van der Waals surface area (Å²) in [5.41, 5.74) is 0.498. The van der Waals surface area contributed by atoms with Gasteiger partial charge >= 0.3 is 0 Å². The summed E-state index contributed by atoms with van der Waals surface area (Å²) < 4.78 is 23.0.